The van der Waals surface area contributed by atoms with Crippen molar-refractivity contribution in [2.75, 3.05) is 19.8 Å². The zero-order valence-corrected chi connectivity index (χ0v) is 15.7. The highest BCUT2D eigenvalue weighted by Crippen LogP contribution is 2.31. The summed E-state index contributed by atoms with van der Waals surface area (Å²) in [5.74, 6) is 0.227. The lowest BCUT2D eigenvalue weighted by Crippen LogP contribution is -2.40. The third kappa shape index (κ3) is 5.21. The number of benzene rings is 1. The number of carbonyl (C=O) groups excluding carboxylic acids is 2. The monoisotopic (exact) mass is 347 g/mol. The van der Waals surface area contributed by atoms with Gasteiger partial charge in [0.2, 0.25) is 5.91 Å². The SMILES string of the molecule is CCOC(=O)CC(=O)N1CCCC1COc1ccccc1C(C)(C)C. The van der Waals surface area contributed by atoms with Crippen LogP contribution in [0.15, 0.2) is 24.3 Å². The predicted octanol–water partition coefficient (Wildman–Crippen LogP) is 3.31. The van der Waals surface area contributed by atoms with E-state index >= 15 is 0 Å². The van der Waals surface area contributed by atoms with Crippen LogP contribution in [0.5, 0.6) is 5.75 Å². The fourth-order valence-electron chi connectivity index (χ4n) is 3.17. The summed E-state index contributed by atoms with van der Waals surface area (Å²) in [4.78, 5) is 25.7. The van der Waals surface area contributed by atoms with Gasteiger partial charge in [0.25, 0.3) is 0 Å². The van der Waals surface area contributed by atoms with Gasteiger partial charge in [-0.05, 0) is 36.8 Å². The molecular formula is C20H29NO4. The van der Waals surface area contributed by atoms with Crippen LogP contribution in [0, 0.1) is 0 Å². The minimum Gasteiger partial charge on any atom is -0.491 e. The number of esters is 1. The van der Waals surface area contributed by atoms with Gasteiger partial charge in [-0.1, -0.05) is 39.0 Å². The fraction of sp³-hybridized carbons (Fsp3) is 0.600. The van der Waals surface area contributed by atoms with Crippen molar-refractivity contribution in [3.63, 3.8) is 0 Å². The number of likely N-dealkylation sites (tertiary alicyclic amines) is 1. The summed E-state index contributed by atoms with van der Waals surface area (Å²) < 4.78 is 10.9. The Morgan fingerprint density at radius 3 is 2.64 bits per heavy atom. The van der Waals surface area contributed by atoms with Gasteiger partial charge >= 0.3 is 5.97 Å². The van der Waals surface area contributed by atoms with E-state index in [4.69, 9.17) is 9.47 Å². The minimum absolute atomic E-state index is 0.00825. The summed E-state index contributed by atoms with van der Waals surface area (Å²) in [5, 5.41) is 0. The average Bonchev–Trinajstić information content (AvgIpc) is 3.01. The summed E-state index contributed by atoms with van der Waals surface area (Å²) in [6.07, 6.45) is 1.64. The summed E-state index contributed by atoms with van der Waals surface area (Å²) in [7, 11) is 0. The molecule has 1 amide bonds. The maximum atomic E-state index is 12.3. The summed E-state index contributed by atoms with van der Waals surface area (Å²) in [5.41, 5.74) is 1.14. The van der Waals surface area contributed by atoms with E-state index in [-0.39, 0.29) is 23.8 Å². The molecule has 1 aromatic rings. The Morgan fingerprint density at radius 1 is 1.24 bits per heavy atom. The van der Waals surface area contributed by atoms with E-state index in [2.05, 4.69) is 26.8 Å². The average molecular weight is 347 g/mol. The molecular weight excluding hydrogens is 318 g/mol. The molecule has 1 aromatic carbocycles. The van der Waals surface area contributed by atoms with Crippen LogP contribution in [0.25, 0.3) is 0 Å². The molecule has 1 heterocycles. The molecule has 1 atom stereocenters. The Labute approximate surface area is 150 Å². The predicted molar refractivity (Wildman–Crippen MR) is 96.6 cm³/mol. The molecule has 5 heteroatoms. The molecule has 2 rings (SSSR count). The fourth-order valence-corrected chi connectivity index (χ4v) is 3.17. The topological polar surface area (TPSA) is 55.8 Å². The number of ether oxygens (including phenoxy) is 2. The quantitative estimate of drug-likeness (QED) is 0.585. The van der Waals surface area contributed by atoms with E-state index < -0.39 is 5.97 Å². The Kier molecular flexibility index (Phi) is 6.45. The van der Waals surface area contributed by atoms with E-state index in [1.54, 1.807) is 11.8 Å². The second-order valence-corrected chi connectivity index (χ2v) is 7.42. The summed E-state index contributed by atoms with van der Waals surface area (Å²) in [6, 6.07) is 8.03. The second-order valence-electron chi connectivity index (χ2n) is 7.42. The number of carbonyl (C=O) groups is 2. The number of nitrogens with zero attached hydrogens (tertiary/aromatic N) is 1. The van der Waals surface area contributed by atoms with Crippen LogP contribution >= 0.6 is 0 Å². The molecule has 1 aliphatic heterocycles. The lowest BCUT2D eigenvalue weighted by molar-refractivity contribution is -0.149. The lowest BCUT2D eigenvalue weighted by atomic mass is 9.86. The molecule has 5 nitrogen and oxygen atoms in total. The maximum absolute atomic E-state index is 12.3. The van der Waals surface area contributed by atoms with Crippen molar-refractivity contribution >= 4 is 11.9 Å². The van der Waals surface area contributed by atoms with Gasteiger partial charge < -0.3 is 14.4 Å². The molecule has 1 fully saturated rings. The van der Waals surface area contributed by atoms with E-state index in [1.165, 1.54) is 0 Å². The van der Waals surface area contributed by atoms with Crippen LogP contribution in [0.3, 0.4) is 0 Å². The van der Waals surface area contributed by atoms with Crippen molar-refractivity contribution in [1.82, 2.24) is 4.90 Å². The van der Waals surface area contributed by atoms with Crippen LogP contribution in [0.4, 0.5) is 0 Å². The standard InChI is InChI=1S/C20H29NO4/c1-5-24-19(23)13-18(22)21-12-8-9-15(21)14-25-17-11-7-6-10-16(17)20(2,3)4/h6-7,10-11,15H,5,8-9,12-14H2,1-4H3. The maximum Gasteiger partial charge on any atom is 0.315 e. The first-order valence-corrected chi connectivity index (χ1v) is 9.00. The van der Waals surface area contributed by atoms with Crippen LogP contribution in [0.2, 0.25) is 0 Å². The van der Waals surface area contributed by atoms with E-state index in [0.717, 1.165) is 24.2 Å². The van der Waals surface area contributed by atoms with Crippen molar-refractivity contribution in [3.05, 3.63) is 29.8 Å². The Bertz CT molecular complexity index is 606. The molecule has 0 saturated carbocycles. The molecule has 138 valence electrons. The number of hydrogen-bond acceptors (Lipinski definition) is 4. The third-order valence-electron chi connectivity index (χ3n) is 4.42. The molecule has 0 aromatic heterocycles. The zero-order valence-electron chi connectivity index (χ0n) is 15.7. The van der Waals surface area contributed by atoms with Crippen molar-refractivity contribution < 1.29 is 19.1 Å². The molecule has 0 bridgehead atoms. The van der Waals surface area contributed by atoms with Gasteiger partial charge in [-0.3, -0.25) is 9.59 Å². The zero-order chi connectivity index (χ0) is 18.4. The molecule has 0 N–H and O–H groups in total. The Hall–Kier alpha value is -2.04. The first-order chi connectivity index (χ1) is 11.8. The highest BCUT2D eigenvalue weighted by Gasteiger charge is 2.31. The molecule has 0 radical (unpaired) electrons. The van der Waals surface area contributed by atoms with Crippen LogP contribution in [0.1, 0.15) is 52.5 Å². The molecule has 0 aliphatic carbocycles. The second kappa shape index (κ2) is 8.37. The highest BCUT2D eigenvalue weighted by molar-refractivity contribution is 5.94. The smallest absolute Gasteiger partial charge is 0.315 e. The summed E-state index contributed by atoms with van der Waals surface area (Å²) in [6.45, 7) is 9.61. The van der Waals surface area contributed by atoms with Crippen molar-refractivity contribution in [3.8, 4) is 5.75 Å². The normalized spacial score (nSPS) is 17.4. The van der Waals surface area contributed by atoms with Gasteiger partial charge in [0.1, 0.15) is 18.8 Å². The van der Waals surface area contributed by atoms with Crippen LogP contribution < -0.4 is 4.74 Å². The van der Waals surface area contributed by atoms with E-state index in [1.807, 2.05) is 18.2 Å². The molecule has 0 spiro atoms. The van der Waals surface area contributed by atoms with Gasteiger partial charge in [0.15, 0.2) is 0 Å². The largest absolute Gasteiger partial charge is 0.491 e. The first-order valence-electron chi connectivity index (χ1n) is 9.00. The van der Waals surface area contributed by atoms with E-state index in [0.29, 0.717) is 19.8 Å². The van der Waals surface area contributed by atoms with Crippen molar-refractivity contribution in [2.24, 2.45) is 0 Å². The number of hydrogen-bond donors (Lipinski definition) is 0. The van der Waals surface area contributed by atoms with Gasteiger partial charge in [-0.2, -0.15) is 0 Å². The van der Waals surface area contributed by atoms with Gasteiger partial charge in [0, 0.05) is 6.54 Å². The molecule has 25 heavy (non-hydrogen) atoms. The van der Waals surface area contributed by atoms with Crippen molar-refractivity contribution in [2.45, 2.75) is 58.4 Å². The lowest BCUT2D eigenvalue weighted by Gasteiger charge is -2.27. The number of amides is 1. The molecule has 1 unspecified atom stereocenters. The minimum atomic E-state index is -0.461. The van der Waals surface area contributed by atoms with Gasteiger partial charge in [-0.25, -0.2) is 0 Å². The van der Waals surface area contributed by atoms with Gasteiger partial charge in [-0.15, -0.1) is 0 Å². The van der Waals surface area contributed by atoms with Crippen LogP contribution in [-0.2, 0) is 19.7 Å². The highest BCUT2D eigenvalue weighted by atomic mass is 16.5. The third-order valence-corrected chi connectivity index (χ3v) is 4.42. The van der Waals surface area contributed by atoms with Gasteiger partial charge in [0.05, 0.1) is 12.6 Å². The van der Waals surface area contributed by atoms with Crippen LogP contribution in [-0.4, -0.2) is 42.6 Å². The number of para-hydroxylation sites is 1. The number of rotatable bonds is 6. The molecule has 1 aliphatic rings. The Morgan fingerprint density at radius 2 is 1.96 bits per heavy atom. The first kappa shape index (κ1) is 19.3. The van der Waals surface area contributed by atoms with Crippen molar-refractivity contribution in [1.29, 1.82) is 0 Å². The molecule has 1 saturated heterocycles. The Balaban J connectivity index is 1.98. The van der Waals surface area contributed by atoms with E-state index in [9.17, 15) is 9.59 Å². The summed E-state index contributed by atoms with van der Waals surface area (Å²) >= 11 is 0.